The van der Waals surface area contributed by atoms with E-state index in [-0.39, 0.29) is 0 Å². The molecular formula is C19H10BrN. The molecule has 2 heteroatoms. The van der Waals surface area contributed by atoms with Crippen LogP contribution in [0.2, 0.25) is 0 Å². The highest BCUT2D eigenvalue weighted by Gasteiger charge is 2.12. The molecule has 0 atom stereocenters. The summed E-state index contributed by atoms with van der Waals surface area (Å²) in [6.45, 7) is 0. The Bertz CT molecular complexity index is 1140. The van der Waals surface area contributed by atoms with E-state index in [0.29, 0.717) is 0 Å². The quantitative estimate of drug-likeness (QED) is 0.254. The minimum Gasteiger partial charge on any atom is -0.256 e. The van der Waals surface area contributed by atoms with Crippen LogP contribution in [0.5, 0.6) is 0 Å². The van der Waals surface area contributed by atoms with Crippen molar-refractivity contribution < 1.29 is 0 Å². The van der Waals surface area contributed by atoms with Gasteiger partial charge < -0.3 is 0 Å². The summed E-state index contributed by atoms with van der Waals surface area (Å²) in [7, 11) is 0. The minimum atomic E-state index is 1.08. The van der Waals surface area contributed by atoms with Gasteiger partial charge in [-0.25, -0.2) is 0 Å². The molecule has 0 radical (unpaired) electrons. The van der Waals surface area contributed by atoms with Crippen molar-refractivity contribution in [3.05, 3.63) is 65.3 Å². The Hall–Kier alpha value is -2.19. The second-order valence-electron chi connectivity index (χ2n) is 5.42. The Labute approximate surface area is 129 Å². The highest BCUT2D eigenvalue weighted by molar-refractivity contribution is 9.10. The van der Waals surface area contributed by atoms with Crippen LogP contribution in [-0.2, 0) is 0 Å². The number of benzene rings is 4. The predicted octanol–water partition coefficient (Wildman–Crippen LogP) is 5.89. The third-order valence-electron chi connectivity index (χ3n) is 4.30. The van der Waals surface area contributed by atoms with Crippen LogP contribution in [0.15, 0.2) is 65.3 Å². The summed E-state index contributed by atoms with van der Waals surface area (Å²) in [6.07, 6.45) is 1.87. The summed E-state index contributed by atoms with van der Waals surface area (Å²) in [5, 5.41) is 8.90. The number of rotatable bonds is 0. The topological polar surface area (TPSA) is 12.9 Å². The highest BCUT2D eigenvalue weighted by Crippen LogP contribution is 2.39. The summed E-state index contributed by atoms with van der Waals surface area (Å²) < 4.78 is 1.14. The number of pyridine rings is 1. The van der Waals surface area contributed by atoms with E-state index in [1.165, 1.54) is 37.7 Å². The lowest BCUT2D eigenvalue weighted by atomic mass is 9.93. The summed E-state index contributed by atoms with van der Waals surface area (Å²) in [5.41, 5.74) is 1.08. The van der Waals surface area contributed by atoms with Gasteiger partial charge >= 0.3 is 0 Å². The first-order chi connectivity index (χ1) is 10.3. The summed E-state index contributed by atoms with van der Waals surface area (Å²) in [5.74, 6) is 0. The van der Waals surface area contributed by atoms with Gasteiger partial charge in [-0.05, 0) is 45.1 Å². The standard InChI is InChI=1S/C19H10BrN/c20-16-8-5-11-3-7-15-18-12(4-6-14(16)17(11)18)10-13-2-1-9-21-19(13)15/h1-10H. The molecule has 0 saturated carbocycles. The van der Waals surface area contributed by atoms with E-state index in [0.717, 1.165) is 9.99 Å². The molecule has 1 heterocycles. The lowest BCUT2D eigenvalue weighted by Gasteiger charge is -2.13. The van der Waals surface area contributed by atoms with Gasteiger partial charge in [0.05, 0.1) is 5.52 Å². The van der Waals surface area contributed by atoms with Crippen LogP contribution < -0.4 is 0 Å². The SMILES string of the molecule is Brc1ccc2ccc3c4ncccc4cc4ccc1c2c43. The maximum absolute atomic E-state index is 4.60. The van der Waals surface area contributed by atoms with Crippen molar-refractivity contribution in [1.29, 1.82) is 0 Å². The zero-order chi connectivity index (χ0) is 14.0. The third kappa shape index (κ3) is 1.43. The molecule has 1 aromatic heterocycles. The monoisotopic (exact) mass is 331 g/mol. The van der Waals surface area contributed by atoms with Gasteiger partial charge in [0.2, 0.25) is 0 Å². The smallest absolute Gasteiger partial charge is 0.0780 e. The van der Waals surface area contributed by atoms with Gasteiger partial charge in [-0.3, -0.25) is 4.98 Å². The van der Waals surface area contributed by atoms with Crippen molar-refractivity contribution in [2.75, 3.05) is 0 Å². The molecule has 5 aromatic rings. The molecule has 4 aromatic carbocycles. The van der Waals surface area contributed by atoms with Crippen molar-refractivity contribution in [2.24, 2.45) is 0 Å². The first-order valence-corrected chi connectivity index (χ1v) is 7.73. The van der Waals surface area contributed by atoms with Crippen LogP contribution in [0, 0.1) is 0 Å². The number of hydrogen-bond donors (Lipinski definition) is 0. The fraction of sp³-hybridized carbons (Fsp3) is 0. The van der Waals surface area contributed by atoms with Gasteiger partial charge in [-0.15, -0.1) is 0 Å². The Morgan fingerprint density at radius 1 is 0.714 bits per heavy atom. The molecule has 0 N–H and O–H groups in total. The van der Waals surface area contributed by atoms with Crippen LogP contribution in [0.4, 0.5) is 0 Å². The van der Waals surface area contributed by atoms with Crippen molar-refractivity contribution >= 4 is 59.2 Å². The highest BCUT2D eigenvalue weighted by atomic mass is 79.9. The van der Waals surface area contributed by atoms with Crippen LogP contribution in [-0.4, -0.2) is 4.98 Å². The normalized spacial score (nSPS) is 12.0. The summed E-state index contributed by atoms with van der Waals surface area (Å²) in [4.78, 5) is 4.60. The Balaban J connectivity index is 2.21. The van der Waals surface area contributed by atoms with Gasteiger partial charge in [-0.1, -0.05) is 52.3 Å². The maximum Gasteiger partial charge on any atom is 0.0780 e. The van der Waals surface area contributed by atoms with Crippen LogP contribution in [0.25, 0.3) is 43.2 Å². The molecule has 21 heavy (non-hydrogen) atoms. The van der Waals surface area contributed by atoms with Crippen molar-refractivity contribution in [3.8, 4) is 0 Å². The minimum absolute atomic E-state index is 1.08. The number of fused-ring (bicyclic) bond motifs is 2. The van der Waals surface area contributed by atoms with Gasteiger partial charge in [-0.2, -0.15) is 0 Å². The average Bonchev–Trinajstić information content (AvgIpc) is 2.53. The summed E-state index contributed by atoms with van der Waals surface area (Å²) >= 11 is 3.68. The number of nitrogens with zero attached hydrogens (tertiary/aromatic N) is 1. The zero-order valence-corrected chi connectivity index (χ0v) is 12.7. The molecule has 0 unspecified atom stereocenters. The molecule has 0 aliphatic rings. The molecule has 5 rings (SSSR count). The lowest BCUT2D eigenvalue weighted by Crippen LogP contribution is -1.87. The Morgan fingerprint density at radius 2 is 1.48 bits per heavy atom. The fourth-order valence-corrected chi connectivity index (χ4v) is 3.85. The Kier molecular flexibility index (Phi) is 2.14. The number of halogens is 1. The first kappa shape index (κ1) is 11.5. The van der Waals surface area contributed by atoms with Crippen LogP contribution in [0.3, 0.4) is 0 Å². The molecule has 0 bridgehead atoms. The van der Waals surface area contributed by atoms with Crippen molar-refractivity contribution in [2.45, 2.75) is 0 Å². The molecule has 0 saturated heterocycles. The Morgan fingerprint density at radius 3 is 2.43 bits per heavy atom. The van der Waals surface area contributed by atoms with E-state index in [1.807, 2.05) is 12.3 Å². The molecule has 0 aliphatic heterocycles. The van der Waals surface area contributed by atoms with E-state index in [2.05, 4.69) is 69.4 Å². The molecule has 1 nitrogen and oxygen atoms in total. The zero-order valence-electron chi connectivity index (χ0n) is 11.1. The largest absolute Gasteiger partial charge is 0.256 e. The van der Waals surface area contributed by atoms with E-state index in [1.54, 1.807) is 0 Å². The molecule has 98 valence electrons. The number of aromatic nitrogens is 1. The predicted molar refractivity (Wildman–Crippen MR) is 93.1 cm³/mol. The van der Waals surface area contributed by atoms with Gasteiger partial charge in [0.15, 0.2) is 0 Å². The van der Waals surface area contributed by atoms with Crippen molar-refractivity contribution in [3.63, 3.8) is 0 Å². The van der Waals surface area contributed by atoms with E-state index in [4.69, 9.17) is 0 Å². The average molecular weight is 332 g/mol. The van der Waals surface area contributed by atoms with Crippen molar-refractivity contribution in [1.82, 2.24) is 4.98 Å². The summed E-state index contributed by atoms with van der Waals surface area (Å²) in [6, 6.07) is 19.5. The van der Waals surface area contributed by atoms with E-state index < -0.39 is 0 Å². The van der Waals surface area contributed by atoms with E-state index >= 15 is 0 Å². The molecule has 0 amide bonds. The van der Waals surface area contributed by atoms with Gasteiger partial charge in [0, 0.05) is 21.4 Å². The molecule has 0 aliphatic carbocycles. The lowest BCUT2D eigenvalue weighted by molar-refractivity contribution is 1.43. The second kappa shape index (κ2) is 3.92. The van der Waals surface area contributed by atoms with Crippen LogP contribution in [0.1, 0.15) is 0 Å². The molecule has 0 fully saturated rings. The molecule has 0 spiro atoms. The van der Waals surface area contributed by atoms with Gasteiger partial charge in [0.25, 0.3) is 0 Å². The van der Waals surface area contributed by atoms with Gasteiger partial charge in [0.1, 0.15) is 0 Å². The maximum atomic E-state index is 4.60. The first-order valence-electron chi connectivity index (χ1n) is 6.94. The van der Waals surface area contributed by atoms with Crippen LogP contribution >= 0.6 is 15.9 Å². The third-order valence-corrected chi connectivity index (χ3v) is 4.99. The fourth-order valence-electron chi connectivity index (χ4n) is 3.38. The van der Waals surface area contributed by atoms with E-state index in [9.17, 15) is 0 Å². The second-order valence-corrected chi connectivity index (χ2v) is 6.28. The number of hydrogen-bond acceptors (Lipinski definition) is 1. The molecular weight excluding hydrogens is 322 g/mol.